The van der Waals surface area contributed by atoms with Crippen LogP contribution in [0, 0.1) is 0 Å². The molecule has 2 rings (SSSR count). The van der Waals surface area contributed by atoms with Crippen molar-refractivity contribution in [1.29, 1.82) is 0 Å². The zero-order valence-electron chi connectivity index (χ0n) is 11.0. The molecule has 0 aliphatic heterocycles. The third-order valence-electron chi connectivity index (χ3n) is 2.88. The van der Waals surface area contributed by atoms with Crippen LogP contribution < -0.4 is 4.74 Å². The second-order valence-electron chi connectivity index (χ2n) is 4.26. The van der Waals surface area contributed by atoms with Gasteiger partial charge in [0.05, 0.1) is 19.2 Å². The molecule has 5 heteroatoms. The molecule has 0 bridgehead atoms. The number of methoxy groups -OCH3 is 1. The van der Waals surface area contributed by atoms with E-state index in [2.05, 4.69) is 5.10 Å². The number of hydrogen-bond donors (Lipinski definition) is 1. The minimum absolute atomic E-state index is 0.0686. The molecule has 1 aromatic carbocycles. The van der Waals surface area contributed by atoms with Crippen LogP contribution in [-0.2, 0) is 18.3 Å². The van der Waals surface area contributed by atoms with Crippen LogP contribution in [0.15, 0.2) is 30.5 Å². The molecule has 0 saturated carbocycles. The van der Waals surface area contributed by atoms with Gasteiger partial charge in [-0.15, -0.1) is 0 Å². The maximum Gasteiger partial charge on any atom is 0.303 e. The molecule has 0 aliphatic carbocycles. The first-order chi connectivity index (χ1) is 9.11. The largest absolute Gasteiger partial charge is 0.496 e. The van der Waals surface area contributed by atoms with Crippen LogP contribution >= 0.6 is 0 Å². The summed E-state index contributed by atoms with van der Waals surface area (Å²) < 4.78 is 7.03. The van der Waals surface area contributed by atoms with Crippen molar-refractivity contribution >= 4 is 5.97 Å². The third kappa shape index (κ3) is 2.93. The number of aromatic nitrogens is 2. The summed E-state index contributed by atoms with van der Waals surface area (Å²) in [4.78, 5) is 10.7. The van der Waals surface area contributed by atoms with Crippen LogP contribution in [0.4, 0.5) is 0 Å². The van der Waals surface area contributed by atoms with Gasteiger partial charge in [-0.25, -0.2) is 0 Å². The van der Waals surface area contributed by atoms with Gasteiger partial charge in [0.1, 0.15) is 5.75 Å². The van der Waals surface area contributed by atoms with E-state index in [-0.39, 0.29) is 6.42 Å². The quantitative estimate of drug-likeness (QED) is 0.894. The second-order valence-corrected chi connectivity index (χ2v) is 4.26. The van der Waals surface area contributed by atoms with Gasteiger partial charge in [0, 0.05) is 30.8 Å². The number of carboxylic acid groups (broad SMARTS) is 1. The van der Waals surface area contributed by atoms with Crippen LogP contribution in [0.5, 0.6) is 5.75 Å². The van der Waals surface area contributed by atoms with Crippen LogP contribution in [0.25, 0.3) is 11.1 Å². The van der Waals surface area contributed by atoms with Gasteiger partial charge < -0.3 is 9.84 Å². The van der Waals surface area contributed by atoms with Gasteiger partial charge in [-0.2, -0.15) is 5.10 Å². The first-order valence-corrected chi connectivity index (χ1v) is 5.99. The maximum absolute atomic E-state index is 10.7. The van der Waals surface area contributed by atoms with Crippen LogP contribution in [0.2, 0.25) is 0 Å². The number of aliphatic carboxylic acids is 1. The summed E-state index contributed by atoms with van der Waals surface area (Å²) >= 11 is 0. The number of hydrogen-bond acceptors (Lipinski definition) is 3. The fourth-order valence-corrected chi connectivity index (χ4v) is 2.04. The summed E-state index contributed by atoms with van der Waals surface area (Å²) in [6.07, 6.45) is 2.36. The third-order valence-corrected chi connectivity index (χ3v) is 2.88. The molecule has 0 aliphatic rings. The van der Waals surface area contributed by atoms with Crippen molar-refractivity contribution in [3.8, 4) is 16.9 Å². The lowest BCUT2D eigenvalue weighted by Crippen LogP contribution is -2.00. The zero-order valence-corrected chi connectivity index (χ0v) is 11.0. The molecule has 0 atom stereocenters. The Hall–Kier alpha value is -2.30. The average Bonchev–Trinajstić information content (AvgIpc) is 2.77. The molecule has 5 nitrogen and oxygen atoms in total. The van der Waals surface area contributed by atoms with Gasteiger partial charge in [0.2, 0.25) is 0 Å². The molecule has 0 amide bonds. The Bertz CT molecular complexity index is 590. The number of benzene rings is 1. The molecule has 2 aromatic rings. The van der Waals surface area contributed by atoms with Gasteiger partial charge in [0.25, 0.3) is 0 Å². The Morgan fingerprint density at radius 2 is 2.11 bits per heavy atom. The number of para-hydroxylation sites is 1. The molecule has 0 saturated heterocycles. The highest BCUT2D eigenvalue weighted by molar-refractivity contribution is 5.73. The van der Waals surface area contributed by atoms with Gasteiger partial charge in [-0.05, 0) is 6.07 Å². The van der Waals surface area contributed by atoms with Gasteiger partial charge in [-0.3, -0.25) is 9.48 Å². The van der Waals surface area contributed by atoms with Gasteiger partial charge in [0.15, 0.2) is 0 Å². The predicted octanol–water partition coefficient (Wildman–Crippen LogP) is 2.11. The van der Waals surface area contributed by atoms with E-state index < -0.39 is 5.97 Å². The van der Waals surface area contributed by atoms with E-state index >= 15 is 0 Å². The summed E-state index contributed by atoms with van der Waals surface area (Å²) in [5, 5.41) is 13.1. The highest BCUT2D eigenvalue weighted by Gasteiger charge is 2.14. The van der Waals surface area contributed by atoms with Crippen LogP contribution in [0.1, 0.15) is 12.1 Å². The molecular formula is C14H16N2O3. The van der Waals surface area contributed by atoms with Crippen molar-refractivity contribution in [1.82, 2.24) is 9.78 Å². The van der Waals surface area contributed by atoms with Crippen molar-refractivity contribution < 1.29 is 14.6 Å². The SMILES string of the molecule is COc1ccccc1-c1cn(C)nc1CCC(=O)O. The van der Waals surface area contributed by atoms with E-state index in [1.54, 1.807) is 11.8 Å². The molecular weight excluding hydrogens is 244 g/mol. The molecule has 100 valence electrons. The lowest BCUT2D eigenvalue weighted by molar-refractivity contribution is -0.136. The van der Waals surface area contributed by atoms with E-state index in [0.717, 1.165) is 22.6 Å². The van der Waals surface area contributed by atoms with Crippen LogP contribution in [0.3, 0.4) is 0 Å². The van der Waals surface area contributed by atoms with Crippen LogP contribution in [-0.4, -0.2) is 28.0 Å². The summed E-state index contributed by atoms with van der Waals surface area (Å²) in [5.41, 5.74) is 2.62. The Morgan fingerprint density at radius 1 is 1.37 bits per heavy atom. The fraction of sp³-hybridized carbons (Fsp3) is 0.286. The monoisotopic (exact) mass is 260 g/mol. The number of carboxylic acids is 1. The zero-order chi connectivity index (χ0) is 13.8. The average molecular weight is 260 g/mol. The highest BCUT2D eigenvalue weighted by atomic mass is 16.5. The van der Waals surface area contributed by atoms with Crippen molar-refractivity contribution in [2.24, 2.45) is 7.05 Å². The van der Waals surface area contributed by atoms with E-state index in [1.165, 1.54) is 0 Å². The Balaban J connectivity index is 2.41. The van der Waals surface area contributed by atoms with Crippen molar-refractivity contribution in [3.05, 3.63) is 36.2 Å². The van der Waals surface area contributed by atoms with E-state index in [4.69, 9.17) is 9.84 Å². The first-order valence-electron chi connectivity index (χ1n) is 5.99. The number of carbonyl (C=O) groups is 1. The molecule has 0 unspecified atom stereocenters. The van der Waals surface area contributed by atoms with Crippen molar-refractivity contribution in [2.75, 3.05) is 7.11 Å². The van der Waals surface area contributed by atoms with Gasteiger partial charge in [-0.1, -0.05) is 18.2 Å². The molecule has 0 radical (unpaired) electrons. The number of nitrogens with zero attached hydrogens (tertiary/aromatic N) is 2. The van der Waals surface area contributed by atoms with E-state index in [1.807, 2.05) is 37.5 Å². The molecule has 0 fully saturated rings. The lowest BCUT2D eigenvalue weighted by Gasteiger charge is -2.07. The summed E-state index contributed by atoms with van der Waals surface area (Å²) in [6.45, 7) is 0. The first kappa shape index (κ1) is 13.1. The van der Waals surface area contributed by atoms with Gasteiger partial charge >= 0.3 is 5.97 Å². The number of aryl methyl sites for hydroxylation is 2. The summed E-state index contributed by atoms with van der Waals surface area (Å²) in [7, 11) is 3.44. The standard InChI is InChI=1S/C14H16N2O3/c1-16-9-11(12(15-16)7-8-14(17)18)10-5-3-4-6-13(10)19-2/h3-6,9H,7-8H2,1-2H3,(H,17,18). The number of rotatable bonds is 5. The lowest BCUT2D eigenvalue weighted by atomic mass is 10.0. The van der Waals surface area contributed by atoms with E-state index in [9.17, 15) is 4.79 Å². The Morgan fingerprint density at radius 3 is 2.79 bits per heavy atom. The van der Waals surface area contributed by atoms with E-state index in [0.29, 0.717) is 6.42 Å². The summed E-state index contributed by atoms with van der Waals surface area (Å²) in [5.74, 6) is -0.0660. The van der Waals surface area contributed by atoms with Crippen molar-refractivity contribution in [3.63, 3.8) is 0 Å². The Kier molecular flexibility index (Phi) is 3.85. The topological polar surface area (TPSA) is 64.4 Å². The van der Waals surface area contributed by atoms with Crippen molar-refractivity contribution in [2.45, 2.75) is 12.8 Å². The fourth-order valence-electron chi connectivity index (χ4n) is 2.04. The second kappa shape index (κ2) is 5.56. The predicted molar refractivity (Wildman–Crippen MR) is 71.2 cm³/mol. The molecule has 19 heavy (non-hydrogen) atoms. The Labute approximate surface area is 111 Å². The summed E-state index contributed by atoms with van der Waals surface area (Å²) in [6, 6.07) is 7.64. The molecule has 1 aromatic heterocycles. The minimum atomic E-state index is -0.823. The smallest absolute Gasteiger partial charge is 0.303 e. The maximum atomic E-state index is 10.7. The molecule has 0 spiro atoms. The normalized spacial score (nSPS) is 10.4. The molecule has 1 heterocycles. The number of ether oxygens (including phenoxy) is 1. The minimum Gasteiger partial charge on any atom is -0.496 e. The highest BCUT2D eigenvalue weighted by Crippen LogP contribution is 2.32. The molecule has 1 N–H and O–H groups in total.